The van der Waals surface area contributed by atoms with Crippen molar-refractivity contribution in [3.63, 3.8) is 0 Å². The number of anilines is 1. The molecule has 2 aromatic rings. The van der Waals surface area contributed by atoms with E-state index < -0.39 is 0 Å². The number of hydrogen-bond donors (Lipinski definition) is 1. The highest BCUT2D eigenvalue weighted by Gasteiger charge is 2.06. The molecule has 1 N–H and O–H groups in total. The zero-order valence-electron chi connectivity index (χ0n) is 12.1. The van der Waals surface area contributed by atoms with E-state index in [4.69, 9.17) is 0 Å². The van der Waals surface area contributed by atoms with Crippen molar-refractivity contribution in [1.82, 2.24) is 0 Å². The van der Waals surface area contributed by atoms with E-state index in [-0.39, 0.29) is 5.78 Å². The molecule has 0 aliphatic carbocycles. The van der Waals surface area contributed by atoms with Gasteiger partial charge in [0.05, 0.1) is 4.88 Å². The van der Waals surface area contributed by atoms with Crippen LogP contribution in [-0.2, 0) is 0 Å². The van der Waals surface area contributed by atoms with Crippen molar-refractivity contribution in [2.24, 2.45) is 0 Å². The Morgan fingerprint density at radius 2 is 2.00 bits per heavy atom. The van der Waals surface area contributed by atoms with Gasteiger partial charge in [-0.1, -0.05) is 32.0 Å². The smallest absolute Gasteiger partial charge is 0.174 e. The second-order valence-corrected chi connectivity index (χ2v) is 5.96. The number of benzene rings is 1. The Kier molecular flexibility index (Phi) is 5.36. The van der Waals surface area contributed by atoms with Gasteiger partial charge in [0.1, 0.15) is 0 Å². The van der Waals surface area contributed by atoms with E-state index in [9.17, 15) is 4.79 Å². The van der Waals surface area contributed by atoms with Gasteiger partial charge in [-0.3, -0.25) is 4.79 Å². The van der Waals surface area contributed by atoms with E-state index in [1.54, 1.807) is 0 Å². The Labute approximate surface area is 124 Å². The van der Waals surface area contributed by atoms with Gasteiger partial charge in [0, 0.05) is 18.7 Å². The zero-order valence-corrected chi connectivity index (χ0v) is 12.9. The van der Waals surface area contributed by atoms with Crippen molar-refractivity contribution in [1.29, 1.82) is 0 Å². The molecule has 2 rings (SSSR count). The molecule has 2 nitrogen and oxygen atoms in total. The summed E-state index contributed by atoms with van der Waals surface area (Å²) in [5, 5.41) is 5.24. The standard InChI is InChI=1S/C17H21NOS/c1-3-13(2)14-6-8-15(9-7-14)18-11-10-16(19)17-5-4-12-20-17/h4-9,12-13,18H,3,10-11H2,1-2H3/t13-/m0/s1. The second kappa shape index (κ2) is 7.25. The molecule has 3 heteroatoms. The minimum Gasteiger partial charge on any atom is -0.385 e. The molecule has 1 aromatic heterocycles. The van der Waals surface area contributed by atoms with Gasteiger partial charge in [-0.05, 0) is 41.5 Å². The summed E-state index contributed by atoms with van der Waals surface area (Å²) in [5.41, 5.74) is 2.45. The molecule has 0 aliphatic rings. The Balaban J connectivity index is 1.81. The summed E-state index contributed by atoms with van der Waals surface area (Å²) < 4.78 is 0. The van der Waals surface area contributed by atoms with E-state index in [0.717, 1.165) is 17.0 Å². The first-order valence-corrected chi connectivity index (χ1v) is 7.99. The van der Waals surface area contributed by atoms with Crippen molar-refractivity contribution in [2.45, 2.75) is 32.6 Å². The molecule has 0 unspecified atom stereocenters. The highest BCUT2D eigenvalue weighted by molar-refractivity contribution is 7.12. The van der Waals surface area contributed by atoms with Crippen LogP contribution in [0.5, 0.6) is 0 Å². The summed E-state index contributed by atoms with van der Waals surface area (Å²) in [6, 6.07) is 12.3. The van der Waals surface area contributed by atoms with Crippen molar-refractivity contribution < 1.29 is 4.79 Å². The first-order chi connectivity index (χ1) is 9.70. The predicted molar refractivity (Wildman–Crippen MR) is 86.9 cm³/mol. The van der Waals surface area contributed by atoms with Crippen LogP contribution in [-0.4, -0.2) is 12.3 Å². The molecule has 0 saturated carbocycles. The van der Waals surface area contributed by atoms with Crippen LogP contribution in [0.2, 0.25) is 0 Å². The van der Waals surface area contributed by atoms with Crippen LogP contribution < -0.4 is 5.32 Å². The Morgan fingerprint density at radius 3 is 2.60 bits per heavy atom. The maximum atomic E-state index is 11.8. The highest BCUT2D eigenvalue weighted by Crippen LogP contribution is 2.20. The van der Waals surface area contributed by atoms with Gasteiger partial charge in [-0.2, -0.15) is 0 Å². The van der Waals surface area contributed by atoms with Gasteiger partial charge in [-0.15, -0.1) is 11.3 Å². The SMILES string of the molecule is CC[C@H](C)c1ccc(NCCC(=O)c2cccs2)cc1. The topological polar surface area (TPSA) is 29.1 Å². The summed E-state index contributed by atoms with van der Waals surface area (Å²) >= 11 is 1.51. The summed E-state index contributed by atoms with van der Waals surface area (Å²) in [5.74, 6) is 0.813. The molecule has 106 valence electrons. The maximum Gasteiger partial charge on any atom is 0.174 e. The number of carbonyl (C=O) groups is 1. The maximum absolute atomic E-state index is 11.8. The number of thiophene rings is 1. The van der Waals surface area contributed by atoms with Gasteiger partial charge >= 0.3 is 0 Å². The molecule has 0 fully saturated rings. The van der Waals surface area contributed by atoms with Gasteiger partial charge in [0.15, 0.2) is 5.78 Å². The molecule has 0 bridgehead atoms. The quantitative estimate of drug-likeness (QED) is 0.730. The molecule has 20 heavy (non-hydrogen) atoms. The summed E-state index contributed by atoms with van der Waals surface area (Å²) in [4.78, 5) is 12.7. The zero-order chi connectivity index (χ0) is 14.4. The Morgan fingerprint density at radius 1 is 1.25 bits per heavy atom. The number of rotatable bonds is 7. The molecule has 0 aliphatic heterocycles. The lowest BCUT2D eigenvalue weighted by Crippen LogP contribution is -2.07. The highest BCUT2D eigenvalue weighted by atomic mass is 32.1. The van der Waals surface area contributed by atoms with Crippen molar-refractivity contribution in [3.8, 4) is 0 Å². The third kappa shape index (κ3) is 3.94. The number of hydrogen-bond acceptors (Lipinski definition) is 3. The van der Waals surface area contributed by atoms with Crippen LogP contribution in [0.1, 0.15) is 47.8 Å². The van der Waals surface area contributed by atoms with Crippen LogP contribution in [0.25, 0.3) is 0 Å². The third-order valence-corrected chi connectivity index (χ3v) is 4.48. The molecular formula is C17H21NOS. The molecule has 0 spiro atoms. The largest absolute Gasteiger partial charge is 0.385 e. The Hall–Kier alpha value is -1.61. The fourth-order valence-corrected chi connectivity index (χ4v) is 2.74. The molecule has 1 atom stereocenters. The first kappa shape index (κ1) is 14.8. The van der Waals surface area contributed by atoms with Gasteiger partial charge < -0.3 is 5.32 Å². The third-order valence-electron chi connectivity index (χ3n) is 3.57. The lowest BCUT2D eigenvalue weighted by atomic mass is 9.99. The van der Waals surface area contributed by atoms with Gasteiger partial charge in [0.25, 0.3) is 0 Å². The molecule has 0 radical (unpaired) electrons. The number of Topliss-reactive ketones (excluding diaryl/α,β-unsaturated/α-hetero) is 1. The lowest BCUT2D eigenvalue weighted by Gasteiger charge is -2.10. The summed E-state index contributed by atoms with van der Waals surface area (Å²) in [7, 11) is 0. The predicted octanol–water partition coefficient (Wildman–Crippen LogP) is 4.95. The van der Waals surface area contributed by atoms with E-state index >= 15 is 0 Å². The van der Waals surface area contributed by atoms with Crippen molar-refractivity contribution >= 4 is 22.8 Å². The summed E-state index contributed by atoms with van der Waals surface area (Å²) in [6.45, 7) is 5.12. The molecule has 0 saturated heterocycles. The molecule has 0 amide bonds. The minimum atomic E-state index is 0.212. The van der Waals surface area contributed by atoms with Crippen LogP contribution in [0.3, 0.4) is 0 Å². The van der Waals surface area contributed by atoms with Gasteiger partial charge in [-0.25, -0.2) is 0 Å². The first-order valence-electron chi connectivity index (χ1n) is 7.11. The Bertz CT molecular complexity index is 531. The van der Waals surface area contributed by atoms with Crippen LogP contribution in [0.15, 0.2) is 41.8 Å². The fraction of sp³-hybridized carbons (Fsp3) is 0.353. The monoisotopic (exact) mass is 287 g/mol. The van der Waals surface area contributed by atoms with Crippen LogP contribution in [0.4, 0.5) is 5.69 Å². The normalized spacial score (nSPS) is 12.1. The van der Waals surface area contributed by atoms with Crippen molar-refractivity contribution in [3.05, 3.63) is 52.2 Å². The average molecular weight is 287 g/mol. The van der Waals surface area contributed by atoms with Crippen molar-refractivity contribution in [2.75, 3.05) is 11.9 Å². The van der Waals surface area contributed by atoms with Crippen LogP contribution in [0, 0.1) is 0 Å². The minimum absolute atomic E-state index is 0.212. The van der Waals surface area contributed by atoms with E-state index in [0.29, 0.717) is 18.9 Å². The fourth-order valence-electron chi connectivity index (χ4n) is 2.05. The average Bonchev–Trinajstić information content (AvgIpc) is 3.01. The second-order valence-electron chi connectivity index (χ2n) is 5.01. The molecule has 1 aromatic carbocycles. The summed E-state index contributed by atoms with van der Waals surface area (Å²) in [6.07, 6.45) is 1.69. The number of nitrogens with one attached hydrogen (secondary N) is 1. The molecular weight excluding hydrogens is 266 g/mol. The number of carbonyl (C=O) groups excluding carboxylic acids is 1. The molecule has 1 heterocycles. The van der Waals surface area contributed by atoms with E-state index in [2.05, 4.69) is 43.4 Å². The lowest BCUT2D eigenvalue weighted by molar-refractivity contribution is 0.0990. The van der Waals surface area contributed by atoms with Crippen LogP contribution >= 0.6 is 11.3 Å². The number of ketones is 1. The van der Waals surface area contributed by atoms with E-state index in [1.165, 1.54) is 16.9 Å². The van der Waals surface area contributed by atoms with E-state index in [1.807, 2.05) is 17.5 Å². The van der Waals surface area contributed by atoms with Gasteiger partial charge in [0.2, 0.25) is 0 Å².